The molecule has 0 aliphatic rings. The minimum absolute atomic E-state index is 0.0408. The van der Waals surface area contributed by atoms with Gasteiger partial charge in [0.25, 0.3) is 5.69 Å². The van der Waals surface area contributed by atoms with Gasteiger partial charge in [-0.15, -0.1) is 0 Å². The number of hydrogen-bond acceptors (Lipinski definition) is 5. The zero-order chi connectivity index (χ0) is 14.5. The molecule has 0 amide bonds. The quantitative estimate of drug-likeness (QED) is 0.358. The van der Waals surface area contributed by atoms with Crippen molar-refractivity contribution in [3.05, 3.63) is 33.9 Å². The van der Waals surface area contributed by atoms with Gasteiger partial charge in [0.2, 0.25) is 0 Å². The van der Waals surface area contributed by atoms with Gasteiger partial charge in [0.1, 0.15) is 5.69 Å². The van der Waals surface area contributed by atoms with Crippen LogP contribution in [0.5, 0.6) is 0 Å². The summed E-state index contributed by atoms with van der Waals surface area (Å²) in [5, 5.41) is 10.7. The molecule has 1 aromatic carbocycles. The summed E-state index contributed by atoms with van der Waals surface area (Å²) in [4.78, 5) is 10.3. The van der Waals surface area contributed by atoms with Gasteiger partial charge in [-0.25, -0.2) is 0 Å². The number of nitro benzene ring substituents is 1. The molecule has 0 aromatic heterocycles. The molecule has 0 aliphatic heterocycles. The average Bonchev–Trinajstić information content (AvgIpc) is 2.33. The zero-order valence-corrected chi connectivity index (χ0v) is 11.6. The first-order valence-corrected chi connectivity index (χ1v) is 6.15. The van der Waals surface area contributed by atoms with Crippen molar-refractivity contribution < 1.29 is 9.66 Å². The molecule has 0 fully saturated rings. The van der Waals surface area contributed by atoms with Gasteiger partial charge in [0.05, 0.1) is 11.5 Å². The Morgan fingerprint density at radius 2 is 2.11 bits per heavy atom. The molecule has 6 heteroatoms. The Morgan fingerprint density at radius 1 is 1.42 bits per heavy atom. The second kappa shape index (κ2) is 6.49. The molecule has 0 atom stereocenters. The molecule has 6 nitrogen and oxygen atoms in total. The van der Waals surface area contributed by atoms with Gasteiger partial charge in [-0.2, -0.15) is 0 Å². The molecule has 1 aromatic rings. The van der Waals surface area contributed by atoms with Crippen molar-refractivity contribution >= 4 is 11.4 Å². The highest BCUT2D eigenvalue weighted by molar-refractivity contribution is 5.61. The molecule has 3 N–H and O–H groups in total. The topological polar surface area (TPSA) is 90.4 Å². The second-order valence-corrected chi connectivity index (χ2v) is 5.62. The summed E-state index contributed by atoms with van der Waals surface area (Å²) in [6.45, 7) is 7.53. The van der Waals surface area contributed by atoms with E-state index in [4.69, 9.17) is 10.6 Å². The Balaban J connectivity index is 2.58. The third kappa shape index (κ3) is 5.23. The molecule has 0 heterocycles. The van der Waals surface area contributed by atoms with E-state index < -0.39 is 4.92 Å². The molecule has 0 saturated heterocycles. The van der Waals surface area contributed by atoms with Gasteiger partial charge in [-0.3, -0.25) is 16.0 Å². The maximum atomic E-state index is 10.7. The minimum Gasteiger partial charge on any atom is -0.377 e. The monoisotopic (exact) mass is 267 g/mol. The minimum atomic E-state index is -0.473. The predicted molar refractivity (Wildman–Crippen MR) is 74.6 cm³/mol. The summed E-state index contributed by atoms with van der Waals surface area (Å²) in [7, 11) is 0. The van der Waals surface area contributed by atoms with Crippen LogP contribution in [0, 0.1) is 15.5 Å². The molecule has 0 saturated carbocycles. The van der Waals surface area contributed by atoms with Crippen molar-refractivity contribution in [2.75, 3.05) is 12.0 Å². The van der Waals surface area contributed by atoms with Gasteiger partial charge in [-0.05, 0) is 29.5 Å². The average molecular weight is 267 g/mol. The molecule has 106 valence electrons. The Labute approximate surface area is 113 Å². The van der Waals surface area contributed by atoms with Crippen molar-refractivity contribution in [1.29, 1.82) is 0 Å². The summed E-state index contributed by atoms with van der Waals surface area (Å²) >= 11 is 0. The number of nitro groups is 1. The van der Waals surface area contributed by atoms with E-state index in [1.54, 1.807) is 12.1 Å². The molecular formula is C13H21N3O3. The van der Waals surface area contributed by atoms with Gasteiger partial charge >= 0.3 is 0 Å². The number of anilines is 1. The van der Waals surface area contributed by atoms with Gasteiger partial charge in [0.15, 0.2) is 0 Å². The van der Waals surface area contributed by atoms with Crippen LogP contribution in [0.3, 0.4) is 0 Å². The molecule has 0 radical (unpaired) electrons. The van der Waals surface area contributed by atoms with E-state index in [0.29, 0.717) is 18.9 Å². The number of rotatable bonds is 6. The second-order valence-electron chi connectivity index (χ2n) is 5.62. The van der Waals surface area contributed by atoms with Gasteiger partial charge in [-0.1, -0.05) is 20.8 Å². The zero-order valence-electron chi connectivity index (χ0n) is 11.6. The fourth-order valence-electron chi connectivity index (χ4n) is 1.52. The number of nitrogens with two attached hydrogens (primary N) is 1. The molecule has 0 aliphatic carbocycles. The van der Waals surface area contributed by atoms with E-state index in [1.165, 1.54) is 6.07 Å². The third-order valence-corrected chi connectivity index (χ3v) is 2.68. The molecule has 0 bridgehead atoms. The van der Waals surface area contributed by atoms with Crippen LogP contribution in [-0.2, 0) is 11.3 Å². The van der Waals surface area contributed by atoms with Crippen LogP contribution in [0.25, 0.3) is 0 Å². The van der Waals surface area contributed by atoms with Crippen LogP contribution in [0.4, 0.5) is 11.4 Å². The predicted octanol–water partition coefficient (Wildman–Crippen LogP) is 2.83. The largest absolute Gasteiger partial charge is 0.377 e. The van der Waals surface area contributed by atoms with E-state index in [9.17, 15) is 10.1 Å². The number of nitrogens with zero attached hydrogens (tertiary/aromatic N) is 1. The number of hydrazine groups is 1. The Kier molecular flexibility index (Phi) is 5.26. The Morgan fingerprint density at radius 3 is 2.63 bits per heavy atom. The number of hydrogen-bond donors (Lipinski definition) is 2. The SMILES string of the molecule is CC(C)(C)CCOCc1ccc([N+](=O)[O-])c(NN)c1. The number of benzene rings is 1. The van der Waals surface area contributed by atoms with Crippen LogP contribution >= 0.6 is 0 Å². The van der Waals surface area contributed by atoms with Crippen LogP contribution in [-0.4, -0.2) is 11.5 Å². The highest BCUT2D eigenvalue weighted by atomic mass is 16.6. The molecular weight excluding hydrogens is 246 g/mol. The van der Waals surface area contributed by atoms with Crippen molar-refractivity contribution in [3.63, 3.8) is 0 Å². The first kappa shape index (κ1) is 15.4. The fraction of sp³-hybridized carbons (Fsp3) is 0.538. The fourth-order valence-corrected chi connectivity index (χ4v) is 1.52. The van der Waals surface area contributed by atoms with Crippen LogP contribution < -0.4 is 11.3 Å². The van der Waals surface area contributed by atoms with Crippen LogP contribution in [0.2, 0.25) is 0 Å². The first-order valence-electron chi connectivity index (χ1n) is 6.15. The van der Waals surface area contributed by atoms with Crippen LogP contribution in [0.1, 0.15) is 32.8 Å². The smallest absolute Gasteiger partial charge is 0.293 e. The van der Waals surface area contributed by atoms with Gasteiger partial charge in [0, 0.05) is 12.7 Å². The number of ether oxygens (including phenoxy) is 1. The van der Waals surface area contributed by atoms with Crippen molar-refractivity contribution in [2.24, 2.45) is 11.3 Å². The summed E-state index contributed by atoms with van der Waals surface area (Å²) in [5.74, 6) is 5.27. The molecule has 19 heavy (non-hydrogen) atoms. The lowest BCUT2D eigenvalue weighted by Crippen LogP contribution is -2.11. The summed E-state index contributed by atoms with van der Waals surface area (Å²) < 4.78 is 5.56. The molecule has 0 spiro atoms. The van der Waals surface area contributed by atoms with E-state index in [1.807, 2.05) is 0 Å². The summed E-state index contributed by atoms with van der Waals surface area (Å²) in [6, 6.07) is 4.74. The van der Waals surface area contributed by atoms with Crippen molar-refractivity contribution in [1.82, 2.24) is 0 Å². The number of nitrogen functional groups attached to an aromatic ring is 1. The normalized spacial score (nSPS) is 11.4. The Bertz CT molecular complexity index is 441. The van der Waals surface area contributed by atoms with Crippen molar-refractivity contribution in [2.45, 2.75) is 33.8 Å². The Hall–Kier alpha value is -1.66. The molecule has 1 rings (SSSR count). The summed E-state index contributed by atoms with van der Waals surface area (Å²) in [5.41, 5.74) is 3.68. The van der Waals surface area contributed by atoms with E-state index in [2.05, 4.69) is 26.2 Å². The maximum absolute atomic E-state index is 10.7. The highest BCUT2D eigenvalue weighted by Crippen LogP contribution is 2.25. The van der Waals surface area contributed by atoms with E-state index >= 15 is 0 Å². The lowest BCUT2D eigenvalue weighted by molar-refractivity contribution is -0.384. The van der Waals surface area contributed by atoms with E-state index in [-0.39, 0.29) is 11.1 Å². The lowest BCUT2D eigenvalue weighted by atomic mass is 9.93. The summed E-state index contributed by atoms with van der Waals surface area (Å²) in [6.07, 6.45) is 0.960. The van der Waals surface area contributed by atoms with Crippen LogP contribution in [0.15, 0.2) is 18.2 Å². The third-order valence-electron chi connectivity index (χ3n) is 2.68. The standard InChI is InChI=1S/C13H21N3O3/c1-13(2,3)6-7-19-9-10-4-5-12(16(17)18)11(8-10)15-14/h4-5,8,15H,6-7,9,14H2,1-3H3. The maximum Gasteiger partial charge on any atom is 0.293 e. The molecule has 0 unspecified atom stereocenters. The van der Waals surface area contributed by atoms with Crippen molar-refractivity contribution in [3.8, 4) is 0 Å². The highest BCUT2D eigenvalue weighted by Gasteiger charge is 2.13. The van der Waals surface area contributed by atoms with E-state index in [0.717, 1.165) is 12.0 Å². The lowest BCUT2D eigenvalue weighted by Gasteiger charge is -2.17. The number of nitrogens with one attached hydrogen (secondary N) is 1. The van der Waals surface area contributed by atoms with Gasteiger partial charge < -0.3 is 10.2 Å². The first-order chi connectivity index (χ1) is 8.83.